The van der Waals surface area contributed by atoms with E-state index in [0.717, 1.165) is 35.1 Å². The standard InChI is InChI=1S/C16H12O2/c17-13-6-3-7-14-16(13)12-8-10-4-1-2-5-11(10)9-15(12)18-14/h1-2,4-6,8-9,17H,3,7H2. The average Bonchev–Trinajstić information content (AvgIpc) is 2.74. The van der Waals surface area contributed by atoms with Crippen LogP contribution in [0.2, 0.25) is 0 Å². The van der Waals surface area contributed by atoms with E-state index >= 15 is 0 Å². The third-order valence-electron chi connectivity index (χ3n) is 3.59. The minimum atomic E-state index is 0.352. The van der Waals surface area contributed by atoms with Crippen molar-refractivity contribution >= 4 is 27.5 Å². The number of fused-ring (bicyclic) bond motifs is 4. The zero-order valence-corrected chi connectivity index (χ0v) is 9.81. The normalized spacial score (nSPS) is 14.8. The molecule has 0 spiro atoms. The van der Waals surface area contributed by atoms with Gasteiger partial charge in [-0.1, -0.05) is 24.3 Å². The van der Waals surface area contributed by atoms with Gasteiger partial charge in [-0.2, -0.15) is 0 Å². The van der Waals surface area contributed by atoms with Gasteiger partial charge in [0.2, 0.25) is 0 Å². The van der Waals surface area contributed by atoms with Gasteiger partial charge >= 0.3 is 0 Å². The lowest BCUT2D eigenvalue weighted by atomic mass is 9.99. The third-order valence-corrected chi connectivity index (χ3v) is 3.59. The maximum atomic E-state index is 10.0. The monoisotopic (exact) mass is 236 g/mol. The quantitative estimate of drug-likeness (QED) is 0.626. The zero-order chi connectivity index (χ0) is 12.1. The smallest absolute Gasteiger partial charge is 0.135 e. The highest BCUT2D eigenvalue weighted by molar-refractivity contribution is 6.01. The van der Waals surface area contributed by atoms with Gasteiger partial charge in [0.25, 0.3) is 0 Å². The Labute approximate surface area is 104 Å². The van der Waals surface area contributed by atoms with E-state index in [-0.39, 0.29) is 0 Å². The van der Waals surface area contributed by atoms with Crippen LogP contribution in [0.5, 0.6) is 0 Å². The summed E-state index contributed by atoms with van der Waals surface area (Å²) in [5.41, 5.74) is 1.74. The molecule has 1 aromatic heterocycles. The van der Waals surface area contributed by atoms with Crippen molar-refractivity contribution in [3.05, 3.63) is 53.8 Å². The Hall–Kier alpha value is -2.22. The van der Waals surface area contributed by atoms with Crippen LogP contribution in [-0.2, 0) is 6.42 Å². The molecule has 0 aliphatic heterocycles. The second kappa shape index (κ2) is 3.39. The van der Waals surface area contributed by atoms with Crippen molar-refractivity contribution in [1.29, 1.82) is 0 Å². The molecule has 88 valence electrons. The molecule has 0 bridgehead atoms. The van der Waals surface area contributed by atoms with Crippen LogP contribution >= 0.6 is 0 Å². The number of aryl methyl sites for hydroxylation is 1. The molecule has 1 aliphatic carbocycles. The zero-order valence-electron chi connectivity index (χ0n) is 9.81. The number of aliphatic hydroxyl groups is 1. The van der Waals surface area contributed by atoms with Crippen molar-refractivity contribution < 1.29 is 9.52 Å². The van der Waals surface area contributed by atoms with E-state index in [2.05, 4.69) is 24.3 Å². The second-order valence-corrected chi connectivity index (χ2v) is 4.72. The maximum absolute atomic E-state index is 10.0. The number of benzene rings is 2. The van der Waals surface area contributed by atoms with Crippen molar-refractivity contribution in [2.45, 2.75) is 12.8 Å². The first-order chi connectivity index (χ1) is 8.83. The highest BCUT2D eigenvalue weighted by Crippen LogP contribution is 2.36. The van der Waals surface area contributed by atoms with Gasteiger partial charge in [-0.3, -0.25) is 0 Å². The number of hydrogen-bond acceptors (Lipinski definition) is 2. The first-order valence-corrected chi connectivity index (χ1v) is 6.16. The van der Waals surface area contributed by atoms with E-state index in [1.165, 1.54) is 10.8 Å². The molecule has 1 aliphatic rings. The fourth-order valence-electron chi connectivity index (χ4n) is 2.73. The number of allylic oxidation sites excluding steroid dienone is 1. The number of furan rings is 1. The lowest BCUT2D eigenvalue weighted by Gasteiger charge is -2.06. The minimum absolute atomic E-state index is 0.352. The van der Waals surface area contributed by atoms with E-state index in [0.29, 0.717) is 5.76 Å². The third kappa shape index (κ3) is 1.23. The highest BCUT2D eigenvalue weighted by atomic mass is 16.3. The number of hydrogen-bond donors (Lipinski definition) is 1. The van der Waals surface area contributed by atoms with Crippen LogP contribution in [0.1, 0.15) is 17.7 Å². The Morgan fingerprint density at radius 3 is 2.67 bits per heavy atom. The predicted molar refractivity (Wildman–Crippen MR) is 72.6 cm³/mol. The fraction of sp³-hybridized carbons (Fsp3) is 0.125. The molecule has 0 fully saturated rings. The Bertz CT molecular complexity index is 793. The Kier molecular flexibility index (Phi) is 1.84. The van der Waals surface area contributed by atoms with Gasteiger partial charge in [0.05, 0.1) is 5.56 Å². The van der Waals surface area contributed by atoms with E-state index < -0.39 is 0 Å². The molecule has 2 heteroatoms. The van der Waals surface area contributed by atoms with Gasteiger partial charge in [-0.25, -0.2) is 0 Å². The van der Waals surface area contributed by atoms with Gasteiger partial charge < -0.3 is 9.52 Å². The van der Waals surface area contributed by atoms with Crippen molar-refractivity contribution in [2.75, 3.05) is 0 Å². The molecule has 2 nitrogen and oxygen atoms in total. The van der Waals surface area contributed by atoms with Crippen LogP contribution in [0.15, 0.2) is 46.9 Å². The molecule has 4 rings (SSSR count). The summed E-state index contributed by atoms with van der Waals surface area (Å²) in [6, 6.07) is 12.4. The Morgan fingerprint density at radius 2 is 1.83 bits per heavy atom. The fourth-order valence-corrected chi connectivity index (χ4v) is 2.73. The average molecular weight is 236 g/mol. The van der Waals surface area contributed by atoms with Crippen molar-refractivity contribution in [3.8, 4) is 0 Å². The van der Waals surface area contributed by atoms with Gasteiger partial charge in [0.15, 0.2) is 0 Å². The summed E-state index contributed by atoms with van der Waals surface area (Å²) in [6.07, 6.45) is 3.58. The van der Waals surface area contributed by atoms with E-state index in [4.69, 9.17) is 4.42 Å². The number of rotatable bonds is 0. The Morgan fingerprint density at radius 1 is 1.06 bits per heavy atom. The molecule has 18 heavy (non-hydrogen) atoms. The summed E-state index contributed by atoms with van der Waals surface area (Å²) in [7, 11) is 0. The second-order valence-electron chi connectivity index (χ2n) is 4.72. The number of aliphatic hydroxyl groups excluding tert-OH is 1. The molecule has 0 saturated heterocycles. The van der Waals surface area contributed by atoms with Crippen LogP contribution < -0.4 is 0 Å². The van der Waals surface area contributed by atoms with E-state index in [9.17, 15) is 5.11 Å². The van der Waals surface area contributed by atoms with Crippen LogP contribution in [0.25, 0.3) is 27.5 Å². The van der Waals surface area contributed by atoms with Crippen LogP contribution in [0.3, 0.4) is 0 Å². The van der Waals surface area contributed by atoms with E-state index in [1.54, 1.807) is 0 Å². The molecule has 1 heterocycles. The molecule has 0 unspecified atom stereocenters. The predicted octanol–water partition coefficient (Wildman–Crippen LogP) is 4.43. The van der Waals surface area contributed by atoms with Crippen LogP contribution in [0, 0.1) is 0 Å². The van der Waals surface area contributed by atoms with Crippen LogP contribution in [0.4, 0.5) is 0 Å². The van der Waals surface area contributed by atoms with Crippen LogP contribution in [-0.4, -0.2) is 5.11 Å². The molecule has 0 saturated carbocycles. The molecular weight excluding hydrogens is 224 g/mol. The maximum Gasteiger partial charge on any atom is 0.135 e. The summed E-state index contributed by atoms with van der Waals surface area (Å²) in [4.78, 5) is 0. The Balaban J connectivity index is 2.16. The molecule has 0 amide bonds. The van der Waals surface area contributed by atoms with Gasteiger partial charge in [0.1, 0.15) is 17.1 Å². The van der Waals surface area contributed by atoms with Crippen molar-refractivity contribution in [3.63, 3.8) is 0 Å². The summed E-state index contributed by atoms with van der Waals surface area (Å²) >= 11 is 0. The van der Waals surface area contributed by atoms with Gasteiger partial charge in [-0.05, 0) is 35.4 Å². The van der Waals surface area contributed by atoms with Gasteiger partial charge in [-0.15, -0.1) is 0 Å². The molecule has 3 aromatic rings. The van der Waals surface area contributed by atoms with Crippen molar-refractivity contribution in [1.82, 2.24) is 0 Å². The van der Waals surface area contributed by atoms with Crippen molar-refractivity contribution in [2.24, 2.45) is 0 Å². The molecule has 2 aromatic carbocycles. The summed E-state index contributed by atoms with van der Waals surface area (Å²) in [6.45, 7) is 0. The lowest BCUT2D eigenvalue weighted by molar-refractivity contribution is 0.488. The first-order valence-electron chi connectivity index (χ1n) is 6.16. The van der Waals surface area contributed by atoms with E-state index in [1.807, 2.05) is 18.2 Å². The summed E-state index contributed by atoms with van der Waals surface area (Å²) < 4.78 is 5.87. The summed E-state index contributed by atoms with van der Waals surface area (Å²) in [5, 5.41) is 13.4. The van der Waals surface area contributed by atoms with Gasteiger partial charge in [0, 0.05) is 11.8 Å². The minimum Gasteiger partial charge on any atom is -0.508 e. The molecular formula is C16H12O2. The lowest BCUT2D eigenvalue weighted by Crippen LogP contribution is -1.95. The highest BCUT2D eigenvalue weighted by Gasteiger charge is 2.20. The first kappa shape index (κ1) is 9.77. The molecule has 0 radical (unpaired) electrons. The molecule has 0 atom stereocenters. The molecule has 1 N–H and O–H groups in total. The SMILES string of the molecule is OC1=CCCc2oc3cc4ccccc4cc3c21. The summed E-state index contributed by atoms with van der Waals surface area (Å²) in [5.74, 6) is 1.26. The largest absolute Gasteiger partial charge is 0.508 e. The topological polar surface area (TPSA) is 33.4 Å².